The molecule has 1 atom stereocenters. The maximum atomic E-state index is 13.8. The number of benzene rings is 1. The third-order valence-electron chi connectivity index (χ3n) is 4.16. The monoisotopic (exact) mass is 329 g/mol. The maximum Gasteiger partial charge on any atom is 0.127 e. The van der Waals surface area contributed by atoms with E-state index in [1.54, 1.807) is 6.07 Å². The summed E-state index contributed by atoms with van der Waals surface area (Å²) in [5.74, 6) is -0.259. The normalized spacial score (nSPS) is 18.8. The minimum absolute atomic E-state index is 0.259. The van der Waals surface area contributed by atoms with E-state index in [0.29, 0.717) is 12.0 Å². The lowest BCUT2D eigenvalue weighted by Crippen LogP contribution is -2.52. The molecule has 1 aromatic carbocycles. The molecule has 1 heterocycles. The van der Waals surface area contributed by atoms with Gasteiger partial charge >= 0.3 is 0 Å². The van der Waals surface area contributed by atoms with Crippen molar-refractivity contribution in [2.24, 2.45) is 0 Å². The van der Waals surface area contributed by atoms with Crippen LogP contribution >= 0.6 is 15.9 Å². The molecule has 4 heteroatoms. The van der Waals surface area contributed by atoms with Crippen LogP contribution in [0.5, 0.6) is 0 Å². The first kappa shape index (κ1) is 14.9. The zero-order valence-electron chi connectivity index (χ0n) is 11.5. The molecule has 1 fully saturated rings. The number of nitrogens with zero attached hydrogens (tertiary/aromatic N) is 1. The predicted molar refractivity (Wildman–Crippen MR) is 78.7 cm³/mol. The number of aliphatic hydroxyl groups is 1. The number of hydrogen-bond donors (Lipinski definition) is 1. The number of hydrogen-bond acceptors (Lipinski definition) is 2. The maximum absolute atomic E-state index is 13.8. The highest BCUT2D eigenvalue weighted by Crippen LogP contribution is 2.27. The van der Waals surface area contributed by atoms with Crippen molar-refractivity contribution in [3.05, 3.63) is 34.1 Å². The Labute approximate surface area is 122 Å². The SMILES string of the molecule is CC(C)(C(O)Cc1ccc(Br)cc1F)N1CCCC1. The fourth-order valence-electron chi connectivity index (χ4n) is 2.65. The Morgan fingerprint density at radius 2 is 2.00 bits per heavy atom. The number of likely N-dealkylation sites (tertiary alicyclic amines) is 1. The molecule has 0 saturated carbocycles. The van der Waals surface area contributed by atoms with Crippen LogP contribution in [0.3, 0.4) is 0 Å². The molecule has 1 unspecified atom stereocenters. The van der Waals surface area contributed by atoms with Crippen molar-refractivity contribution >= 4 is 15.9 Å². The molecule has 1 aromatic rings. The van der Waals surface area contributed by atoms with Crippen molar-refractivity contribution in [3.8, 4) is 0 Å². The first-order valence-corrected chi connectivity index (χ1v) is 7.57. The second-order valence-corrected chi connectivity index (χ2v) is 6.72. The summed E-state index contributed by atoms with van der Waals surface area (Å²) < 4.78 is 14.5. The van der Waals surface area contributed by atoms with Gasteiger partial charge in [0.25, 0.3) is 0 Å². The van der Waals surface area contributed by atoms with Crippen LogP contribution in [0.4, 0.5) is 4.39 Å². The van der Waals surface area contributed by atoms with Gasteiger partial charge in [-0.05, 0) is 57.5 Å². The molecule has 2 rings (SSSR count). The molecule has 1 saturated heterocycles. The van der Waals surface area contributed by atoms with E-state index in [9.17, 15) is 9.50 Å². The van der Waals surface area contributed by atoms with Gasteiger partial charge in [0, 0.05) is 16.4 Å². The van der Waals surface area contributed by atoms with E-state index < -0.39 is 6.10 Å². The summed E-state index contributed by atoms with van der Waals surface area (Å²) in [6, 6.07) is 5.00. The Balaban J connectivity index is 2.09. The fraction of sp³-hybridized carbons (Fsp3) is 0.600. The third kappa shape index (κ3) is 3.36. The highest BCUT2D eigenvalue weighted by atomic mass is 79.9. The van der Waals surface area contributed by atoms with Crippen molar-refractivity contribution in [2.45, 2.75) is 44.8 Å². The molecule has 1 aliphatic heterocycles. The fourth-order valence-corrected chi connectivity index (χ4v) is 2.98. The van der Waals surface area contributed by atoms with Crippen molar-refractivity contribution in [1.29, 1.82) is 0 Å². The molecule has 0 aliphatic carbocycles. The standard InChI is InChI=1S/C15H21BrFNO/c1-15(2,18-7-3-4-8-18)14(19)9-11-5-6-12(16)10-13(11)17/h5-6,10,14,19H,3-4,7-9H2,1-2H3. The van der Waals surface area contributed by atoms with Crippen LogP contribution in [0.15, 0.2) is 22.7 Å². The summed E-state index contributed by atoms with van der Waals surface area (Å²) in [5.41, 5.74) is 0.263. The Kier molecular flexibility index (Phi) is 4.64. The minimum Gasteiger partial charge on any atom is -0.391 e. The highest BCUT2D eigenvalue weighted by molar-refractivity contribution is 9.10. The molecule has 1 aliphatic rings. The molecule has 0 amide bonds. The van der Waals surface area contributed by atoms with Gasteiger partial charge in [-0.2, -0.15) is 0 Å². The van der Waals surface area contributed by atoms with Gasteiger partial charge in [-0.25, -0.2) is 4.39 Å². The van der Waals surface area contributed by atoms with Crippen LogP contribution < -0.4 is 0 Å². The van der Waals surface area contributed by atoms with E-state index in [1.807, 2.05) is 19.9 Å². The molecule has 1 N–H and O–H groups in total. The Hall–Kier alpha value is -0.450. The predicted octanol–water partition coefficient (Wildman–Crippen LogP) is 3.37. The first-order chi connectivity index (χ1) is 8.91. The lowest BCUT2D eigenvalue weighted by atomic mass is 9.90. The Bertz CT molecular complexity index is 444. The average Bonchev–Trinajstić information content (AvgIpc) is 2.86. The van der Waals surface area contributed by atoms with Crippen molar-refractivity contribution in [1.82, 2.24) is 4.90 Å². The summed E-state index contributed by atoms with van der Waals surface area (Å²) in [4.78, 5) is 2.30. The lowest BCUT2D eigenvalue weighted by Gasteiger charge is -2.39. The largest absolute Gasteiger partial charge is 0.391 e. The number of halogens is 2. The smallest absolute Gasteiger partial charge is 0.127 e. The van der Waals surface area contributed by atoms with Gasteiger partial charge in [-0.15, -0.1) is 0 Å². The van der Waals surface area contributed by atoms with Crippen molar-refractivity contribution in [3.63, 3.8) is 0 Å². The molecule has 19 heavy (non-hydrogen) atoms. The van der Waals surface area contributed by atoms with Crippen molar-refractivity contribution in [2.75, 3.05) is 13.1 Å². The van der Waals surface area contributed by atoms with Crippen LogP contribution in [-0.2, 0) is 6.42 Å². The highest BCUT2D eigenvalue weighted by Gasteiger charge is 2.35. The quantitative estimate of drug-likeness (QED) is 0.915. The van der Waals surface area contributed by atoms with E-state index in [2.05, 4.69) is 20.8 Å². The topological polar surface area (TPSA) is 23.5 Å². The van der Waals surface area contributed by atoms with Gasteiger partial charge in [0.1, 0.15) is 5.82 Å². The lowest BCUT2D eigenvalue weighted by molar-refractivity contribution is 0.00295. The van der Waals surface area contributed by atoms with E-state index >= 15 is 0 Å². The van der Waals surface area contributed by atoms with E-state index in [-0.39, 0.29) is 11.4 Å². The van der Waals surface area contributed by atoms with E-state index in [4.69, 9.17) is 0 Å². The van der Waals surface area contributed by atoms with E-state index in [1.165, 1.54) is 18.9 Å². The van der Waals surface area contributed by atoms with Gasteiger partial charge in [0.2, 0.25) is 0 Å². The van der Waals surface area contributed by atoms with Crippen molar-refractivity contribution < 1.29 is 9.50 Å². The number of rotatable bonds is 4. The zero-order valence-corrected chi connectivity index (χ0v) is 13.1. The molecule has 2 nitrogen and oxygen atoms in total. The van der Waals surface area contributed by atoms with E-state index in [0.717, 1.165) is 17.6 Å². The summed E-state index contributed by atoms with van der Waals surface area (Å²) in [5, 5.41) is 10.5. The van der Waals surface area contributed by atoms with Gasteiger partial charge < -0.3 is 5.11 Å². The number of aliphatic hydroxyl groups excluding tert-OH is 1. The molecule has 0 aromatic heterocycles. The minimum atomic E-state index is -0.568. The van der Waals surface area contributed by atoms with Crippen LogP contribution in [0, 0.1) is 5.82 Å². The molecule has 106 valence electrons. The third-order valence-corrected chi connectivity index (χ3v) is 4.66. The summed E-state index contributed by atoms with van der Waals surface area (Å²) >= 11 is 3.25. The van der Waals surface area contributed by atoms with Gasteiger partial charge in [-0.1, -0.05) is 22.0 Å². The van der Waals surface area contributed by atoms with Crippen LogP contribution in [0.25, 0.3) is 0 Å². The van der Waals surface area contributed by atoms with Gasteiger partial charge in [0.15, 0.2) is 0 Å². The van der Waals surface area contributed by atoms with Crippen LogP contribution in [-0.4, -0.2) is 34.7 Å². The second-order valence-electron chi connectivity index (χ2n) is 5.80. The van der Waals surface area contributed by atoms with Crippen LogP contribution in [0.1, 0.15) is 32.3 Å². The van der Waals surface area contributed by atoms with Gasteiger partial charge in [-0.3, -0.25) is 4.90 Å². The average molecular weight is 330 g/mol. The summed E-state index contributed by atoms with van der Waals surface area (Å²) in [6.07, 6.45) is 2.15. The Morgan fingerprint density at radius 1 is 1.37 bits per heavy atom. The molecule has 0 bridgehead atoms. The first-order valence-electron chi connectivity index (χ1n) is 6.78. The van der Waals surface area contributed by atoms with Gasteiger partial charge in [0.05, 0.1) is 6.10 Å². The van der Waals surface area contributed by atoms with Crippen LogP contribution in [0.2, 0.25) is 0 Å². The second kappa shape index (κ2) is 5.90. The molecular weight excluding hydrogens is 309 g/mol. The zero-order chi connectivity index (χ0) is 14.0. The molecule has 0 radical (unpaired) electrons. The molecule has 0 spiro atoms. The summed E-state index contributed by atoms with van der Waals surface area (Å²) in [7, 11) is 0. The molecular formula is C15H21BrFNO. The summed E-state index contributed by atoms with van der Waals surface area (Å²) in [6.45, 7) is 6.12. The Morgan fingerprint density at radius 3 is 2.58 bits per heavy atom.